The topological polar surface area (TPSA) is 92.8 Å². The van der Waals surface area contributed by atoms with Crippen molar-refractivity contribution in [3.8, 4) is 5.75 Å². The number of rotatable bonds is 9. The van der Waals surface area contributed by atoms with Gasteiger partial charge in [0.05, 0.1) is 17.8 Å². The minimum absolute atomic E-state index is 0.193. The molecule has 0 unspecified atom stereocenters. The van der Waals surface area contributed by atoms with Gasteiger partial charge in [-0.1, -0.05) is 36.4 Å². The Hall–Kier alpha value is -3.81. The number of likely N-dealkylation sites (N-methyl/N-ethyl adjacent to an activating group) is 1. The molecule has 3 aromatic rings. The highest BCUT2D eigenvalue weighted by Gasteiger charge is 2.21. The van der Waals surface area contributed by atoms with Crippen molar-refractivity contribution in [3.05, 3.63) is 71.9 Å². The predicted molar refractivity (Wildman–Crippen MR) is 127 cm³/mol. The SMILES string of the molecule is CCNC(=O)O[C@@H](CN(C)C(=O)NCC)c1cccc(OCc2ccc3ccccc3n2)c1. The fourth-order valence-corrected chi connectivity index (χ4v) is 3.29. The second-order valence-electron chi connectivity index (χ2n) is 7.50. The standard InChI is InChI=1S/C25H30N4O4/c1-4-26-24(30)29(3)16-23(33-25(31)27-5-2)19-10-8-11-21(15-19)32-17-20-14-13-18-9-6-7-12-22(18)28-20/h6-15,23H,4-5,16-17H2,1-3H3,(H,26,30)(H,27,31)/t23-/m0/s1. The first-order valence-corrected chi connectivity index (χ1v) is 11.0. The summed E-state index contributed by atoms with van der Waals surface area (Å²) in [7, 11) is 1.66. The quantitative estimate of drug-likeness (QED) is 0.508. The van der Waals surface area contributed by atoms with Gasteiger partial charge in [-0.15, -0.1) is 0 Å². The maximum atomic E-state index is 12.2. The number of hydrogen-bond acceptors (Lipinski definition) is 5. The highest BCUT2D eigenvalue weighted by molar-refractivity contribution is 5.78. The van der Waals surface area contributed by atoms with E-state index < -0.39 is 12.2 Å². The molecule has 0 spiro atoms. The van der Waals surface area contributed by atoms with Gasteiger partial charge in [-0.25, -0.2) is 14.6 Å². The molecule has 8 nitrogen and oxygen atoms in total. The molecule has 2 N–H and O–H groups in total. The van der Waals surface area contributed by atoms with Gasteiger partial charge in [0, 0.05) is 25.5 Å². The average Bonchev–Trinajstić information content (AvgIpc) is 2.82. The number of aromatic nitrogens is 1. The van der Waals surface area contributed by atoms with Crippen LogP contribution in [0.1, 0.15) is 31.2 Å². The third kappa shape index (κ3) is 6.83. The molecule has 0 aliphatic heterocycles. The van der Waals surface area contributed by atoms with Gasteiger partial charge < -0.3 is 25.0 Å². The summed E-state index contributed by atoms with van der Waals surface area (Å²) in [6.45, 7) is 5.11. The van der Waals surface area contributed by atoms with Crippen molar-refractivity contribution in [1.82, 2.24) is 20.5 Å². The minimum Gasteiger partial charge on any atom is -0.487 e. The van der Waals surface area contributed by atoms with E-state index in [9.17, 15) is 9.59 Å². The van der Waals surface area contributed by atoms with Crippen molar-refractivity contribution in [2.45, 2.75) is 26.6 Å². The Bertz CT molecular complexity index is 1090. The van der Waals surface area contributed by atoms with Crippen LogP contribution in [-0.4, -0.2) is 48.7 Å². The van der Waals surface area contributed by atoms with E-state index in [-0.39, 0.29) is 12.6 Å². The first kappa shape index (κ1) is 23.8. The molecule has 174 valence electrons. The Morgan fingerprint density at radius 1 is 1.00 bits per heavy atom. The summed E-state index contributed by atoms with van der Waals surface area (Å²) >= 11 is 0. The van der Waals surface area contributed by atoms with Crippen LogP contribution in [0.3, 0.4) is 0 Å². The zero-order valence-corrected chi connectivity index (χ0v) is 19.2. The lowest BCUT2D eigenvalue weighted by molar-refractivity contribution is 0.0808. The fraction of sp³-hybridized carbons (Fsp3) is 0.320. The molecule has 2 aromatic carbocycles. The molecule has 0 saturated heterocycles. The van der Waals surface area contributed by atoms with Crippen LogP contribution >= 0.6 is 0 Å². The number of hydrogen-bond donors (Lipinski definition) is 2. The lowest BCUT2D eigenvalue weighted by Crippen LogP contribution is -2.40. The number of urea groups is 1. The Kier molecular flexibility index (Phi) is 8.46. The van der Waals surface area contributed by atoms with Crippen LogP contribution < -0.4 is 15.4 Å². The Balaban J connectivity index is 1.73. The van der Waals surface area contributed by atoms with Crippen molar-refractivity contribution < 1.29 is 19.1 Å². The molecule has 0 aliphatic rings. The third-order valence-electron chi connectivity index (χ3n) is 4.96. The van der Waals surface area contributed by atoms with E-state index in [2.05, 4.69) is 15.6 Å². The molecule has 0 fully saturated rings. The van der Waals surface area contributed by atoms with E-state index in [1.807, 2.05) is 74.5 Å². The predicted octanol–water partition coefficient (Wildman–Crippen LogP) is 4.26. The third-order valence-corrected chi connectivity index (χ3v) is 4.96. The summed E-state index contributed by atoms with van der Waals surface area (Å²) in [6.07, 6.45) is -1.20. The van der Waals surface area contributed by atoms with Crippen LogP contribution in [0.25, 0.3) is 10.9 Å². The number of nitrogens with one attached hydrogen (secondary N) is 2. The molecule has 8 heteroatoms. The lowest BCUT2D eigenvalue weighted by atomic mass is 10.1. The number of nitrogens with zero attached hydrogens (tertiary/aromatic N) is 2. The molecule has 3 amide bonds. The van der Waals surface area contributed by atoms with Crippen LogP contribution in [0.15, 0.2) is 60.7 Å². The van der Waals surface area contributed by atoms with E-state index in [1.54, 1.807) is 7.05 Å². The number of amides is 3. The van der Waals surface area contributed by atoms with E-state index in [0.29, 0.717) is 25.4 Å². The molecular weight excluding hydrogens is 420 g/mol. The number of alkyl carbamates (subject to hydrolysis) is 1. The Labute approximate surface area is 193 Å². The first-order valence-electron chi connectivity index (χ1n) is 11.0. The molecule has 1 aromatic heterocycles. The smallest absolute Gasteiger partial charge is 0.407 e. The second-order valence-corrected chi connectivity index (χ2v) is 7.50. The van der Waals surface area contributed by atoms with Gasteiger partial charge >= 0.3 is 12.1 Å². The van der Waals surface area contributed by atoms with Crippen LogP contribution in [0, 0.1) is 0 Å². The molecule has 1 heterocycles. The van der Waals surface area contributed by atoms with Crippen molar-refractivity contribution in [2.75, 3.05) is 26.7 Å². The first-order chi connectivity index (χ1) is 16.0. The van der Waals surface area contributed by atoms with Crippen LogP contribution in [0.4, 0.5) is 9.59 Å². The maximum absolute atomic E-state index is 12.2. The summed E-state index contributed by atoms with van der Waals surface area (Å²) < 4.78 is 11.6. The molecule has 0 bridgehead atoms. The minimum atomic E-state index is -0.661. The molecular formula is C25H30N4O4. The van der Waals surface area contributed by atoms with Gasteiger partial charge in [0.25, 0.3) is 0 Å². The van der Waals surface area contributed by atoms with Crippen LogP contribution in [0.5, 0.6) is 5.75 Å². The molecule has 3 rings (SSSR count). The number of carbonyl (C=O) groups is 2. The normalized spacial score (nSPS) is 11.5. The largest absolute Gasteiger partial charge is 0.487 e. The van der Waals surface area contributed by atoms with Gasteiger partial charge in [-0.05, 0) is 43.7 Å². The van der Waals surface area contributed by atoms with E-state index in [1.165, 1.54) is 4.90 Å². The molecule has 0 radical (unpaired) electrons. The highest BCUT2D eigenvalue weighted by Crippen LogP contribution is 2.24. The number of ether oxygens (including phenoxy) is 2. The second kappa shape index (κ2) is 11.7. The number of pyridine rings is 1. The molecule has 0 saturated carbocycles. The maximum Gasteiger partial charge on any atom is 0.407 e. The lowest BCUT2D eigenvalue weighted by Gasteiger charge is -2.25. The number of carbonyl (C=O) groups excluding carboxylic acids is 2. The number of fused-ring (bicyclic) bond motifs is 1. The van der Waals surface area contributed by atoms with Crippen LogP contribution in [0.2, 0.25) is 0 Å². The fourth-order valence-electron chi connectivity index (χ4n) is 3.29. The monoisotopic (exact) mass is 450 g/mol. The average molecular weight is 451 g/mol. The van der Waals surface area contributed by atoms with E-state index in [0.717, 1.165) is 22.2 Å². The van der Waals surface area contributed by atoms with E-state index >= 15 is 0 Å². The van der Waals surface area contributed by atoms with Gasteiger partial charge in [0.15, 0.2) is 0 Å². The zero-order chi connectivity index (χ0) is 23.6. The van der Waals surface area contributed by atoms with Gasteiger partial charge in [-0.3, -0.25) is 0 Å². The van der Waals surface area contributed by atoms with Crippen molar-refractivity contribution in [2.24, 2.45) is 0 Å². The van der Waals surface area contributed by atoms with Crippen molar-refractivity contribution >= 4 is 23.0 Å². The number of benzene rings is 2. The van der Waals surface area contributed by atoms with Crippen molar-refractivity contribution in [1.29, 1.82) is 0 Å². The molecule has 0 aliphatic carbocycles. The van der Waals surface area contributed by atoms with Crippen molar-refractivity contribution in [3.63, 3.8) is 0 Å². The zero-order valence-electron chi connectivity index (χ0n) is 19.2. The molecule has 33 heavy (non-hydrogen) atoms. The van der Waals surface area contributed by atoms with Crippen LogP contribution in [-0.2, 0) is 11.3 Å². The molecule has 1 atom stereocenters. The summed E-state index contributed by atoms with van der Waals surface area (Å²) in [6, 6.07) is 19.0. The Morgan fingerprint density at radius 3 is 2.58 bits per heavy atom. The van der Waals surface area contributed by atoms with Gasteiger partial charge in [0.2, 0.25) is 0 Å². The summed E-state index contributed by atoms with van der Waals surface area (Å²) in [5.74, 6) is 0.618. The highest BCUT2D eigenvalue weighted by atomic mass is 16.6. The summed E-state index contributed by atoms with van der Waals surface area (Å²) in [5.41, 5.74) is 2.45. The summed E-state index contributed by atoms with van der Waals surface area (Å²) in [4.78, 5) is 30.4. The Morgan fingerprint density at radius 2 is 1.79 bits per heavy atom. The summed E-state index contributed by atoms with van der Waals surface area (Å²) in [5, 5.41) is 6.45. The van der Waals surface area contributed by atoms with E-state index in [4.69, 9.17) is 9.47 Å². The van der Waals surface area contributed by atoms with Gasteiger partial charge in [-0.2, -0.15) is 0 Å². The van der Waals surface area contributed by atoms with Gasteiger partial charge in [0.1, 0.15) is 18.5 Å². The number of para-hydroxylation sites is 1.